The first kappa shape index (κ1) is 29.4. The maximum atomic E-state index is 13.4. The number of benzene rings is 2. The Bertz CT molecular complexity index is 1030. The van der Waals surface area contributed by atoms with E-state index in [1.54, 1.807) is 37.5 Å². The van der Waals surface area contributed by atoms with Gasteiger partial charge in [0.1, 0.15) is 29.9 Å². The van der Waals surface area contributed by atoms with Gasteiger partial charge < -0.3 is 19.1 Å². The summed E-state index contributed by atoms with van der Waals surface area (Å²) < 4.78 is 15.8. The molecule has 2 aromatic carbocycles. The predicted octanol–water partition coefficient (Wildman–Crippen LogP) is 5.08. The highest BCUT2D eigenvalue weighted by Crippen LogP contribution is 2.20. The van der Waals surface area contributed by atoms with Crippen LogP contribution in [0.4, 0.5) is 0 Å². The summed E-state index contributed by atoms with van der Waals surface area (Å²) in [6.07, 6.45) is 6.09. The zero-order valence-corrected chi connectivity index (χ0v) is 21.8. The molecule has 0 saturated carbocycles. The number of unbranched alkanes of at least 4 members (excludes halogenated alkanes) is 2. The number of nitrogens with zero attached hydrogens (tertiary/aromatic N) is 1. The highest BCUT2D eigenvalue weighted by molar-refractivity contribution is 5.99. The Morgan fingerprint density at radius 3 is 2.14 bits per heavy atom. The van der Waals surface area contributed by atoms with Crippen LogP contribution in [0.25, 0.3) is 0 Å². The van der Waals surface area contributed by atoms with E-state index in [1.165, 1.54) is 12.0 Å². The smallest absolute Gasteiger partial charge is 0.328 e. The molecule has 1 atom stereocenters. The fourth-order valence-corrected chi connectivity index (χ4v) is 3.83. The summed E-state index contributed by atoms with van der Waals surface area (Å²) in [5.41, 5.74) is 1.62. The molecule has 0 spiro atoms. The molecule has 0 aliphatic rings. The quantitative estimate of drug-likeness (QED) is 0.129. The van der Waals surface area contributed by atoms with Gasteiger partial charge in [-0.2, -0.15) is 0 Å². The number of ketones is 1. The summed E-state index contributed by atoms with van der Waals surface area (Å²) in [5, 5.41) is 0. The van der Waals surface area contributed by atoms with Crippen LogP contribution in [0.3, 0.4) is 0 Å². The van der Waals surface area contributed by atoms with Gasteiger partial charge in [-0.15, -0.1) is 6.58 Å². The van der Waals surface area contributed by atoms with E-state index in [9.17, 15) is 14.4 Å². The minimum atomic E-state index is -0.909. The summed E-state index contributed by atoms with van der Waals surface area (Å²) in [6, 6.07) is 13.6. The van der Waals surface area contributed by atoms with Gasteiger partial charge in [-0.1, -0.05) is 43.0 Å². The van der Waals surface area contributed by atoms with E-state index in [-0.39, 0.29) is 25.2 Å². The van der Waals surface area contributed by atoms with Gasteiger partial charge in [0, 0.05) is 19.4 Å². The average molecular weight is 508 g/mol. The molecule has 0 radical (unpaired) electrons. The summed E-state index contributed by atoms with van der Waals surface area (Å²) in [7, 11) is 2.87. The van der Waals surface area contributed by atoms with Crippen molar-refractivity contribution in [3.63, 3.8) is 0 Å². The van der Waals surface area contributed by atoms with Crippen LogP contribution in [0.2, 0.25) is 0 Å². The Morgan fingerprint density at radius 2 is 1.54 bits per heavy atom. The fourth-order valence-electron chi connectivity index (χ4n) is 3.83. The molecule has 0 bridgehead atoms. The first-order valence-corrected chi connectivity index (χ1v) is 12.4. The van der Waals surface area contributed by atoms with Crippen molar-refractivity contribution in [2.75, 3.05) is 20.8 Å². The van der Waals surface area contributed by atoms with Crippen molar-refractivity contribution in [1.82, 2.24) is 4.90 Å². The first-order chi connectivity index (χ1) is 17.9. The average Bonchev–Trinajstić information content (AvgIpc) is 2.92. The van der Waals surface area contributed by atoms with Gasteiger partial charge in [0.05, 0.1) is 20.6 Å². The highest BCUT2D eigenvalue weighted by atomic mass is 16.5. The van der Waals surface area contributed by atoms with E-state index < -0.39 is 17.9 Å². The number of methoxy groups -OCH3 is 2. The first-order valence-electron chi connectivity index (χ1n) is 12.4. The lowest BCUT2D eigenvalue weighted by atomic mass is 10.0. The van der Waals surface area contributed by atoms with Crippen LogP contribution in [0, 0.1) is 0 Å². The Balaban J connectivity index is 2.28. The number of hydrogen-bond acceptors (Lipinski definition) is 6. The van der Waals surface area contributed by atoms with Crippen molar-refractivity contribution in [3.05, 3.63) is 85.0 Å². The number of carbonyl (C=O) groups excluding carboxylic acids is 3. The lowest BCUT2D eigenvalue weighted by Crippen LogP contribution is -2.47. The second-order valence-corrected chi connectivity index (χ2v) is 8.61. The van der Waals surface area contributed by atoms with Gasteiger partial charge >= 0.3 is 5.97 Å². The van der Waals surface area contributed by atoms with Gasteiger partial charge in [-0.3, -0.25) is 9.59 Å². The summed E-state index contributed by atoms with van der Waals surface area (Å²) >= 11 is 0. The molecular formula is C30H37NO6. The van der Waals surface area contributed by atoms with Crippen molar-refractivity contribution in [2.45, 2.75) is 51.1 Å². The predicted molar refractivity (Wildman–Crippen MR) is 143 cm³/mol. The Labute approximate surface area is 219 Å². The molecule has 0 heterocycles. The summed E-state index contributed by atoms with van der Waals surface area (Å²) in [6.45, 7) is 7.86. The lowest BCUT2D eigenvalue weighted by molar-refractivity contribution is -0.154. The Kier molecular flexibility index (Phi) is 12.7. The molecule has 37 heavy (non-hydrogen) atoms. The van der Waals surface area contributed by atoms with Gasteiger partial charge in [0.25, 0.3) is 0 Å². The van der Waals surface area contributed by atoms with Gasteiger partial charge in [0.15, 0.2) is 0 Å². The van der Waals surface area contributed by atoms with Gasteiger partial charge in [0.2, 0.25) is 5.91 Å². The van der Waals surface area contributed by atoms with E-state index in [2.05, 4.69) is 13.2 Å². The number of carbonyl (C=O) groups is 3. The number of esters is 1. The maximum absolute atomic E-state index is 13.4. The van der Waals surface area contributed by atoms with E-state index in [0.717, 1.165) is 24.0 Å². The number of allylic oxidation sites excluding steroid dienone is 1. The van der Waals surface area contributed by atoms with Crippen LogP contribution >= 0.6 is 0 Å². The monoisotopic (exact) mass is 507 g/mol. The second kappa shape index (κ2) is 16.0. The van der Waals surface area contributed by atoms with Crippen LogP contribution in [0.1, 0.15) is 43.2 Å². The molecular weight excluding hydrogens is 470 g/mol. The minimum absolute atomic E-state index is 0.146. The maximum Gasteiger partial charge on any atom is 0.328 e. The molecule has 1 amide bonds. The van der Waals surface area contributed by atoms with Crippen molar-refractivity contribution in [3.8, 4) is 11.5 Å². The van der Waals surface area contributed by atoms with Crippen LogP contribution < -0.4 is 9.47 Å². The van der Waals surface area contributed by atoms with E-state index in [0.29, 0.717) is 30.9 Å². The van der Waals surface area contributed by atoms with Gasteiger partial charge in [-0.25, -0.2) is 4.79 Å². The van der Waals surface area contributed by atoms with Crippen molar-refractivity contribution in [1.29, 1.82) is 0 Å². The van der Waals surface area contributed by atoms with Crippen LogP contribution in [0.15, 0.2) is 73.8 Å². The number of rotatable bonds is 17. The van der Waals surface area contributed by atoms with E-state index >= 15 is 0 Å². The molecule has 0 unspecified atom stereocenters. The fraction of sp³-hybridized carbons (Fsp3) is 0.367. The zero-order valence-electron chi connectivity index (χ0n) is 21.8. The third kappa shape index (κ3) is 9.95. The Morgan fingerprint density at radius 1 is 0.892 bits per heavy atom. The number of amides is 1. The third-order valence-electron chi connectivity index (χ3n) is 5.86. The minimum Gasteiger partial charge on any atom is -0.497 e. The SMILES string of the molecule is C=CCCCCC(=O)CC(=O)N(Cc1ccc(OC)cc1)[C@@H](Cc1ccc(OCC=C)cc1)C(=O)OC. The number of Topliss-reactive ketones (excluding diaryl/α,β-unsaturated/α-hetero) is 1. The van der Waals surface area contributed by atoms with E-state index in [1.807, 2.05) is 30.3 Å². The summed E-state index contributed by atoms with van der Waals surface area (Å²) in [5.74, 6) is 0.241. The van der Waals surface area contributed by atoms with E-state index in [4.69, 9.17) is 14.2 Å². The normalized spacial score (nSPS) is 11.2. The molecule has 2 rings (SSSR count). The van der Waals surface area contributed by atoms with Crippen molar-refractivity contribution >= 4 is 17.7 Å². The van der Waals surface area contributed by atoms with Crippen molar-refractivity contribution < 1.29 is 28.6 Å². The molecule has 2 aromatic rings. The molecule has 0 saturated heterocycles. The van der Waals surface area contributed by atoms with Crippen LogP contribution in [-0.2, 0) is 32.1 Å². The highest BCUT2D eigenvalue weighted by Gasteiger charge is 2.32. The molecule has 0 aromatic heterocycles. The topological polar surface area (TPSA) is 82.1 Å². The molecule has 0 aliphatic carbocycles. The standard InChI is InChI=1S/C30H37NO6/c1-5-7-8-9-10-25(32)21-29(33)31(22-24-13-15-26(35-3)16-14-24)28(30(34)36-4)20-23-11-17-27(18-12-23)37-19-6-2/h5-6,11-18,28H,1-2,7-10,19-22H2,3-4H3/t28-/m0/s1. The molecule has 7 nitrogen and oxygen atoms in total. The Hall–Kier alpha value is -3.87. The van der Waals surface area contributed by atoms with Crippen LogP contribution in [0.5, 0.6) is 11.5 Å². The van der Waals surface area contributed by atoms with Gasteiger partial charge in [-0.05, 0) is 54.7 Å². The zero-order chi connectivity index (χ0) is 27.0. The molecule has 7 heteroatoms. The second-order valence-electron chi connectivity index (χ2n) is 8.61. The van der Waals surface area contributed by atoms with Crippen molar-refractivity contribution in [2.24, 2.45) is 0 Å². The largest absolute Gasteiger partial charge is 0.497 e. The molecule has 0 N–H and O–H groups in total. The number of ether oxygens (including phenoxy) is 3. The number of hydrogen-bond donors (Lipinski definition) is 0. The molecule has 0 aliphatic heterocycles. The lowest BCUT2D eigenvalue weighted by Gasteiger charge is -2.30. The van der Waals surface area contributed by atoms with Crippen LogP contribution in [-0.4, -0.2) is 49.4 Å². The summed E-state index contributed by atoms with van der Waals surface area (Å²) in [4.78, 5) is 40.4. The third-order valence-corrected chi connectivity index (χ3v) is 5.86. The molecule has 0 fully saturated rings. The molecule has 198 valence electrons.